The molecule has 1 saturated carbocycles. The van der Waals surface area contributed by atoms with Gasteiger partial charge in [-0.25, -0.2) is 0 Å². The van der Waals surface area contributed by atoms with E-state index in [4.69, 9.17) is 0 Å². The van der Waals surface area contributed by atoms with E-state index < -0.39 is 0 Å². The van der Waals surface area contributed by atoms with Crippen LogP contribution in [0.1, 0.15) is 59.3 Å². The van der Waals surface area contributed by atoms with Gasteiger partial charge in [0.2, 0.25) is 6.41 Å². The summed E-state index contributed by atoms with van der Waals surface area (Å²) in [7, 11) is 0. The van der Waals surface area contributed by atoms with Gasteiger partial charge in [-0.1, -0.05) is 33.6 Å². The number of hydrogen-bond donors (Lipinski definition) is 1. The molecule has 1 N–H and O–H groups in total. The molecule has 0 aliphatic heterocycles. The Morgan fingerprint density at radius 1 is 1.47 bits per heavy atom. The largest absolute Gasteiger partial charge is 0.356 e. The lowest BCUT2D eigenvalue weighted by Crippen LogP contribution is -2.43. The van der Waals surface area contributed by atoms with Crippen molar-refractivity contribution in [3.8, 4) is 0 Å². The Balaban J connectivity index is 2.50. The van der Waals surface area contributed by atoms with E-state index in [-0.39, 0.29) is 0 Å². The second kappa shape index (κ2) is 5.53. The van der Waals surface area contributed by atoms with E-state index in [1.165, 1.54) is 32.1 Å². The molecule has 1 rings (SSSR count). The highest BCUT2D eigenvalue weighted by molar-refractivity contribution is 5.46. The highest BCUT2D eigenvalue weighted by atomic mass is 16.1. The summed E-state index contributed by atoms with van der Waals surface area (Å²) < 4.78 is 0. The van der Waals surface area contributed by atoms with Crippen LogP contribution in [-0.2, 0) is 4.79 Å². The number of amides is 1. The molecule has 1 fully saturated rings. The number of rotatable bonds is 5. The van der Waals surface area contributed by atoms with E-state index in [9.17, 15) is 4.79 Å². The van der Waals surface area contributed by atoms with Crippen molar-refractivity contribution in [2.45, 2.75) is 65.3 Å². The topological polar surface area (TPSA) is 29.1 Å². The van der Waals surface area contributed by atoms with Gasteiger partial charge in [-0.15, -0.1) is 0 Å². The van der Waals surface area contributed by atoms with Gasteiger partial charge in [0.1, 0.15) is 0 Å². The number of carbonyl (C=O) groups is 1. The third-order valence-electron chi connectivity index (χ3n) is 3.74. The van der Waals surface area contributed by atoms with Crippen LogP contribution in [0.25, 0.3) is 0 Å². The summed E-state index contributed by atoms with van der Waals surface area (Å²) >= 11 is 0. The lowest BCUT2D eigenvalue weighted by Gasteiger charge is -2.40. The normalized spacial score (nSPS) is 29.8. The molecule has 15 heavy (non-hydrogen) atoms. The van der Waals surface area contributed by atoms with Crippen molar-refractivity contribution in [1.29, 1.82) is 0 Å². The highest BCUT2D eigenvalue weighted by Gasteiger charge is 2.33. The molecule has 0 aromatic heterocycles. The van der Waals surface area contributed by atoms with Crippen LogP contribution in [0.5, 0.6) is 0 Å². The molecule has 0 aromatic carbocycles. The number of nitrogens with one attached hydrogen (secondary N) is 1. The lowest BCUT2D eigenvalue weighted by atomic mass is 9.69. The van der Waals surface area contributed by atoms with Crippen LogP contribution in [-0.4, -0.2) is 12.5 Å². The minimum Gasteiger partial charge on any atom is -0.356 e. The van der Waals surface area contributed by atoms with Crippen molar-refractivity contribution in [2.24, 2.45) is 11.3 Å². The van der Waals surface area contributed by atoms with Gasteiger partial charge in [-0.3, -0.25) is 4.79 Å². The van der Waals surface area contributed by atoms with Gasteiger partial charge in [0.25, 0.3) is 0 Å². The summed E-state index contributed by atoms with van der Waals surface area (Å²) in [6.45, 7) is 6.85. The summed E-state index contributed by atoms with van der Waals surface area (Å²) in [5, 5.41) is 3.02. The fraction of sp³-hybridized carbons (Fsp3) is 0.923. The molecule has 0 saturated heterocycles. The maximum absolute atomic E-state index is 10.6. The van der Waals surface area contributed by atoms with Gasteiger partial charge in [-0.2, -0.15) is 0 Å². The van der Waals surface area contributed by atoms with Crippen molar-refractivity contribution in [1.82, 2.24) is 5.32 Å². The average Bonchev–Trinajstić information content (AvgIpc) is 2.16. The molecule has 0 aromatic rings. The van der Waals surface area contributed by atoms with Gasteiger partial charge in [0.05, 0.1) is 0 Å². The summed E-state index contributed by atoms with van der Waals surface area (Å²) in [6, 6.07) is 0.415. The van der Waals surface area contributed by atoms with E-state index in [2.05, 4.69) is 26.1 Å². The van der Waals surface area contributed by atoms with Crippen molar-refractivity contribution in [3.63, 3.8) is 0 Å². The summed E-state index contributed by atoms with van der Waals surface area (Å²) in [4.78, 5) is 10.6. The highest BCUT2D eigenvalue weighted by Crippen LogP contribution is 2.39. The fourth-order valence-electron chi connectivity index (χ4n) is 2.74. The molecule has 0 radical (unpaired) electrons. The summed E-state index contributed by atoms with van der Waals surface area (Å²) in [5.74, 6) is 0.711. The first-order valence-electron chi connectivity index (χ1n) is 6.29. The van der Waals surface area contributed by atoms with E-state index >= 15 is 0 Å². The first-order valence-corrected chi connectivity index (χ1v) is 6.29. The first-order chi connectivity index (χ1) is 7.09. The lowest BCUT2D eigenvalue weighted by molar-refractivity contribution is -0.111. The second-order valence-corrected chi connectivity index (χ2v) is 5.70. The first kappa shape index (κ1) is 12.5. The third-order valence-corrected chi connectivity index (χ3v) is 3.74. The molecule has 1 amide bonds. The smallest absolute Gasteiger partial charge is 0.207 e. The van der Waals surface area contributed by atoms with Gasteiger partial charge in [0, 0.05) is 6.04 Å². The van der Waals surface area contributed by atoms with Crippen molar-refractivity contribution in [3.05, 3.63) is 0 Å². The summed E-state index contributed by atoms with van der Waals surface area (Å²) in [5.41, 5.74) is 0.406. The van der Waals surface area contributed by atoms with Gasteiger partial charge in [-0.05, 0) is 37.0 Å². The van der Waals surface area contributed by atoms with E-state index in [1.807, 2.05) is 0 Å². The molecular weight excluding hydrogens is 186 g/mol. The molecule has 2 unspecified atom stereocenters. The maximum Gasteiger partial charge on any atom is 0.207 e. The van der Waals surface area contributed by atoms with Crippen molar-refractivity contribution in [2.75, 3.05) is 0 Å². The molecule has 1 aliphatic carbocycles. The van der Waals surface area contributed by atoms with Gasteiger partial charge < -0.3 is 5.32 Å². The molecular formula is C13H25NO. The molecule has 2 heteroatoms. The minimum atomic E-state index is 0.406. The zero-order valence-corrected chi connectivity index (χ0v) is 10.4. The van der Waals surface area contributed by atoms with Crippen LogP contribution in [0.15, 0.2) is 0 Å². The van der Waals surface area contributed by atoms with Crippen LogP contribution in [0.4, 0.5) is 0 Å². The predicted molar refractivity (Wildman–Crippen MR) is 63.6 cm³/mol. The Morgan fingerprint density at radius 3 is 2.80 bits per heavy atom. The van der Waals surface area contributed by atoms with Crippen LogP contribution in [0.2, 0.25) is 0 Å². The Bertz CT molecular complexity index is 201. The molecule has 2 nitrogen and oxygen atoms in total. The fourth-order valence-corrected chi connectivity index (χ4v) is 2.74. The molecule has 0 spiro atoms. The average molecular weight is 211 g/mol. The molecule has 1 aliphatic rings. The Hall–Kier alpha value is -0.530. The van der Waals surface area contributed by atoms with Crippen LogP contribution in [0, 0.1) is 11.3 Å². The zero-order chi connectivity index (χ0) is 11.3. The second-order valence-electron chi connectivity index (χ2n) is 5.70. The predicted octanol–water partition coefficient (Wildman–Crippen LogP) is 3.12. The van der Waals surface area contributed by atoms with E-state index in [0.29, 0.717) is 17.4 Å². The third kappa shape index (κ3) is 3.84. The summed E-state index contributed by atoms with van der Waals surface area (Å²) in [6.07, 6.45) is 8.43. The Labute approximate surface area is 93.8 Å². The minimum absolute atomic E-state index is 0.406. The Kier molecular flexibility index (Phi) is 4.62. The van der Waals surface area contributed by atoms with Crippen LogP contribution >= 0.6 is 0 Å². The molecule has 88 valence electrons. The van der Waals surface area contributed by atoms with E-state index in [1.54, 1.807) is 0 Å². The SMILES string of the molecule is CCCCC1CCC(C)(C)CC1NC=O. The molecule has 0 heterocycles. The number of carbonyl (C=O) groups excluding carboxylic acids is 1. The maximum atomic E-state index is 10.6. The van der Waals surface area contributed by atoms with E-state index in [0.717, 1.165) is 12.8 Å². The van der Waals surface area contributed by atoms with Crippen LogP contribution in [0.3, 0.4) is 0 Å². The number of unbranched alkanes of at least 4 members (excludes halogenated alkanes) is 1. The van der Waals surface area contributed by atoms with Gasteiger partial charge in [0.15, 0.2) is 0 Å². The monoisotopic (exact) mass is 211 g/mol. The van der Waals surface area contributed by atoms with Crippen molar-refractivity contribution < 1.29 is 4.79 Å². The Morgan fingerprint density at radius 2 is 2.20 bits per heavy atom. The van der Waals surface area contributed by atoms with Crippen LogP contribution < -0.4 is 5.32 Å². The zero-order valence-electron chi connectivity index (χ0n) is 10.4. The molecule has 0 bridgehead atoms. The van der Waals surface area contributed by atoms with Gasteiger partial charge >= 0.3 is 0 Å². The molecule has 2 atom stereocenters. The quantitative estimate of drug-likeness (QED) is 0.696. The standard InChI is InChI=1S/C13H25NO/c1-4-5-6-11-7-8-13(2,3)9-12(11)14-10-15/h10-12H,4-9H2,1-3H3,(H,14,15). The van der Waals surface area contributed by atoms with Crippen molar-refractivity contribution >= 4 is 6.41 Å². The number of hydrogen-bond acceptors (Lipinski definition) is 1.